The fourth-order valence-corrected chi connectivity index (χ4v) is 4.05. The molecular formula is C20H31ClN2O2. The zero-order valence-electron chi connectivity index (χ0n) is 15.3. The summed E-state index contributed by atoms with van der Waals surface area (Å²) in [5, 5.41) is 6.71. The van der Waals surface area contributed by atoms with Crippen LogP contribution in [0, 0.1) is 12.8 Å². The number of aryl methyl sites for hydroxylation is 1. The normalized spacial score (nSPS) is 25.8. The molecule has 0 aliphatic carbocycles. The summed E-state index contributed by atoms with van der Waals surface area (Å²) in [4.78, 5) is 12.3. The van der Waals surface area contributed by atoms with Gasteiger partial charge in [-0.15, -0.1) is 12.4 Å². The Hall–Kier alpha value is -1.26. The highest BCUT2D eigenvalue weighted by atomic mass is 35.5. The lowest BCUT2D eigenvalue weighted by molar-refractivity contribution is -0.122. The van der Waals surface area contributed by atoms with E-state index in [2.05, 4.69) is 30.5 Å². The van der Waals surface area contributed by atoms with Gasteiger partial charge in [-0.05, 0) is 62.6 Å². The fraction of sp³-hybridized carbons (Fsp3) is 0.650. The number of carbonyl (C=O) groups is 1. The van der Waals surface area contributed by atoms with Gasteiger partial charge in [0.15, 0.2) is 0 Å². The number of benzene rings is 1. The molecule has 5 heteroatoms. The molecule has 4 nitrogen and oxygen atoms in total. The van der Waals surface area contributed by atoms with Crippen LogP contribution in [0.3, 0.4) is 0 Å². The molecule has 2 aliphatic heterocycles. The Morgan fingerprint density at radius 3 is 2.68 bits per heavy atom. The number of carbonyl (C=O) groups excluding carboxylic acids is 1. The minimum absolute atomic E-state index is 0. The molecule has 0 saturated carbocycles. The van der Waals surface area contributed by atoms with Gasteiger partial charge in [0.05, 0.1) is 6.54 Å². The average molecular weight is 367 g/mol. The number of nitrogens with one attached hydrogen (secondary N) is 2. The molecule has 2 heterocycles. The van der Waals surface area contributed by atoms with Crippen molar-refractivity contribution in [2.45, 2.75) is 70.6 Å². The summed E-state index contributed by atoms with van der Waals surface area (Å²) in [6.07, 6.45) is 6.44. The van der Waals surface area contributed by atoms with E-state index < -0.39 is 0 Å². The molecule has 3 atom stereocenters. The van der Waals surface area contributed by atoms with Crippen molar-refractivity contribution in [1.29, 1.82) is 0 Å². The summed E-state index contributed by atoms with van der Waals surface area (Å²) >= 11 is 0. The number of ether oxygens (including phenoxy) is 1. The lowest BCUT2D eigenvalue weighted by Crippen LogP contribution is -2.41. The Balaban J connectivity index is 0.00000225. The van der Waals surface area contributed by atoms with Crippen LogP contribution in [0.15, 0.2) is 24.3 Å². The van der Waals surface area contributed by atoms with Crippen LogP contribution >= 0.6 is 12.4 Å². The minimum Gasteiger partial charge on any atom is -0.489 e. The molecule has 25 heavy (non-hydrogen) atoms. The third-order valence-corrected chi connectivity index (χ3v) is 5.32. The van der Waals surface area contributed by atoms with Crippen molar-refractivity contribution in [2.75, 3.05) is 6.54 Å². The quantitative estimate of drug-likeness (QED) is 0.775. The Morgan fingerprint density at radius 2 is 2.04 bits per heavy atom. The lowest BCUT2D eigenvalue weighted by Gasteiger charge is -2.28. The largest absolute Gasteiger partial charge is 0.489 e. The van der Waals surface area contributed by atoms with Crippen LogP contribution in [0.25, 0.3) is 0 Å². The van der Waals surface area contributed by atoms with Gasteiger partial charge in [-0.1, -0.05) is 19.1 Å². The van der Waals surface area contributed by atoms with Crippen molar-refractivity contribution in [3.05, 3.63) is 29.8 Å². The number of rotatable bonds is 7. The Bertz CT molecular complexity index is 554. The molecule has 2 fully saturated rings. The first kappa shape index (κ1) is 20.1. The minimum atomic E-state index is 0. The van der Waals surface area contributed by atoms with Crippen LogP contribution in [-0.4, -0.2) is 30.6 Å². The van der Waals surface area contributed by atoms with E-state index in [0.717, 1.165) is 25.0 Å². The molecular weight excluding hydrogens is 336 g/mol. The van der Waals surface area contributed by atoms with E-state index in [1.807, 2.05) is 18.2 Å². The molecule has 2 saturated heterocycles. The van der Waals surface area contributed by atoms with Gasteiger partial charge < -0.3 is 15.4 Å². The van der Waals surface area contributed by atoms with Gasteiger partial charge in [-0.3, -0.25) is 4.79 Å². The smallest absolute Gasteiger partial charge is 0.220 e. The maximum atomic E-state index is 12.3. The van der Waals surface area contributed by atoms with Crippen molar-refractivity contribution in [3.63, 3.8) is 0 Å². The van der Waals surface area contributed by atoms with Crippen LogP contribution in [0.5, 0.6) is 5.75 Å². The fourth-order valence-electron chi connectivity index (χ4n) is 4.05. The van der Waals surface area contributed by atoms with Crippen molar-refractivity contribution in [3.8, 4) is 5.75 Å². The molecule has 2 aliphatic rings. The van der Waals surface area contributed by atoms with Gasteiger partial charge in [0, 0.05) is 18.5 Å². The van der Waals surface area contributed by atoms with Crippen LogP contribution < -0.4 is 15.4 Å². The number of piperidine rings is 1. The highest BCUT2D eigenvalue weighted by Crippen LogP contribution is 2.32. The molecule has 3 rings (SSSR count). The summed E-state index contributed by atoms with van der Waals surface area (Å²) in [5.74, 6) is 1.60. The molecule has 1 aromatic rings. The van der Waals surface area contributed by atoms with Crippen molar-refractivity contribution in [2.24, 2.45) is 5.92 Å². The van der Waals surface area contributed by atoms with E-state index >= 15 is 0 Å². The van der Waals surface area contributed by atoms with Gasteiger partial charge in [-0.2, -0.15) is 0 Å². The van der Waals surface area contributed by atoms with E-state index in [-0.39, 0.29) is 24.4 Å². The van der Waals surface area contributed by atoms with Crippen LogP contribution in [0.4, 0.5) is 0 Å². The second-order valence-corrected chi connectivity index (χ2v) is 7.45. The monoisotopic (exact) mass is 366 g/mol. The maximum Gasteiger partial charge on any atom is 0.220 e. The average Bonchev–Trinajstić information content (AvgIpc) is 2.90. The highest BCUT2D eigenvalue weighted by molar-refractivity contribution is 5.85. The molecule has 1 aromatic carbocycles. The van der Waals surface area contributed by atoms with Gasteiger partial charge in [0.1, 0.15) is 11.9 Å². The summed E-state index contributed by atoms with van der Waals surface area (Å²) in [5.41, 5.74) is 1.19. The second kappa shape index (κ2) is 9.44. The third kappa shape index (κ3) is 5.89. The molecule has 140 valence electrons. The lowest BCUT2D eigenvalue weighted by atomic mass is 9.89. The number of hydrogen-bond acceptors (Lipinski definition) is 3. The zero-order chi connectivity index (χ0) is 16.9. The number of hydrogen-bond donors (Lipinski definition) is 2. The Kier molecular flexibility index (Phi) is 7.57. The molecule has 2 bridgehead atoms. The van der Waals surface area contributed by atoms with E-state index in [1.54, 1.807) is 0 Å². The van der Waals surface area contributed by atoms with E-state index in [4.69, 9.17) is 4.74 Å². The first-order chi connectivity index (χ1) is 11.6. The molecule has 1 amide bonds. The Labute approximate surface area is 157 Å². The van der Waals surface area contributed by atoms with Crippen LogP contribution in [0.1, 0.15) is 51.0 Å². The summed E-state index contributed by atoms with van der Waals surface area (Å²) in [7, 11) is 0. The maximum absolute atomic E-state index is 12.3. The first-order valence-corrected chi connectivity index (χ1v) is 9.38. The van der Waals surface area contributed by atoms with Crippen LogP contribution in [0.2, 0.25) is 0 Å². The van der Waals surface area contributed by atoms with Gasteiger partial charge in [0.2, 0.25) is 5.91 Å². The van der Waals surface area contributed by atoms with Gasteiger partial charge in [0.25, 0.3) is 0 Å². The summed E-state index contributed by atoms with van der Waals surface area (Å²) in [6.45, 7) is 4.74. The molecule has 0 aromatic heterocycles. The SMILES string of the molecule is CCC(CNC(=O)CC1CC2CCC(C1)N2)Oc1cccc(C)c1.Cl. The predicted octanol–water partition coefficient (Wildman–Crippen LogP) is 3.61. The second-order valence-electron chi connectivity index (χ2n) is 7.45. The topological polar surface area (TPSA) is 50.4 Å². The van der Waals surface area contributed by atoms with Gasteiger partial charge >= 0.3 is 0 Å². The number of halogens is 1. The third-order valence-electron chi connectivity index (χ3n) is 5.32. The van der Waals surface area contributed by atoms with Gasteiger partial charge in [-0.25, -0.2) is 0 Å². The Morgan fingerprint density at radius 1 is 1.32 bits per heavy atom. The highest BCUT2D eigenvalue weighted by Gasteiger charge is 2.34. The summed E-state index contributed by atoms with van der Waals surface area (Å²) < 4.78 is 6.00. The zero-order valence-corrected chi connectivity index (χ0v) is 16.1. The first-order valence-electron chi connectivity index (χ1n) is 9.38. The standard InChI is InChI=1S/C20H30N2O2.ClH/c1-3-18(24-19-6-4-5-14(2)9-19)13-21-20(23)12-15-10-16-7-8-17(11-15)22-16;/h4-6,9,15-18,22H,3,7-8,10-13H2,1-2H3,(H,21,23);1H. The number of fused-ring (bicyclic) bond motifs is 2. The number of amides is 1. The van der Waals surface area contributed by atoms with Crippen molar-refractivity contribution < 1.29 is 9.53 Å². The predicted molar refractivity (Wildman–Crippen MR) is 103 cm³/mol. The molecule has 3 unspecified atom stereocenters. The van der Waals surface area contributed by atoms with Crippen molar-refractivity contribution >= 4 is 18.3 Å². The molecule has 2 N–H and O–H groups in total. The van der Waals surface area contributed by atoms with E-state index in [0.29, 0.717) is 31.0 Å². The van der Waals surface area contributed by atoms with E-state index in [9.17, 15) is 4.79 Å². The molecule has 0 radical (unpaired) electrons. The van der Waals surface area contributed by atoms with E-state index in [1.165, 1.54) is 18.4 Å². The summed E-state index contributed by atoms with van der Waals surface area (Å²) in [6, 6.07) is 9.37. The molecule has 0 spiro atoms. The van der Waals surface area contributed by atoms with Crippen molar-refractivity contribution in [1.82, 2.24) is 10.6 Å². The van der Waals surface area contributed by atoms with Crippen LogP contribution in [-0.2, 0) is 4.79 Å².